The molecular formula is C19H12F3N. The molecule has 0 bridgehead atoms. The van der Waals surface area contributed by atoms with Crippen molar-refractivity contribution in [3.05, 3.63) is 76.1 Å². The molecule has 2 aromatic carbocycles. The van der Waals surface area contributed by atoms with Crippen LogP contribution in [-0.4, -0.2) is 0 Å². The average Bonchev–Trinajstić information content (AvgIpc) is 2.51. The van der Waals surface area contributed by atoms with Crippen molar-refractivity contribution in [1.82, 2.24) is 0 Å². The Balaban J connectivity index is 2.33. The van der Waals surface area contributed by atoms with E-state index in [2.05, 4.69) is 11.8 Å². The van der Waals surface area contributed by atoms with Crippen molar-refractivity contribution in [3.63, 3.8) is 0 Å². The zero-order valence-corrected chi connectivity index (χ0v) is 12.3. The minimum atomic E-state index is -0.989. The molecule has 0 aromatic heterocycles. The highest BCUT2D eigenvalue weighted by Gasteiger charge is 2.09. The van der Waals surface area contributed by atoms with Gasteiger partial charge < -0.3 is 0 Å². The Bertz CT molecular complexity index is 841. The van der Waals surface area contributed by atoms with Gasteiger partial charge in [-0.2, -0.15) is 5.26 Å². The summed E-state index contributed by atoms with van der Waals surface area (Å²) in [5.41, 5.74) is 0.219. The molecule has 0 heterocycles. The second-order valence-electron chi connectivity index (χ2n) is 4.73. The maximum absolute atomic E-state index is 13.9. The number of rotatable bonds is 2. The Morgan fingerprint density at radius 2 is 1.70 bits per heavy atom. The Morgan fingerprint density at radius 3 is 2.26 bits per heavy atom. The molecule has 0 N–H and O–H groups in total. The molecule has 2 rings (SSSR count). The second kappa shape index (κ2) is 7.33. The molecule has 0 radical (unpaired) electrons. The number of halogens is 3. The monoisotopic (exact) mass is 311 g/mol. The van der Waals surface area contributed by atoms with Gasteiger partial charge in [-0.15, -0.1) is 0 Å². The molecule has 0 aliphatic carbocycles. The summed E-state index contributed by atoms with van der Waals surface area (Å²) < 4.78 is 40.9. The summed E-state index contributed by atoms with van der Waals surface area (Å²) in [4.78, 5) is 0. The number of hydrogen-bond donors (Lipinski definition) is 0. The molecule has 4 heteroatoms. The minimum Gasteiger partial charge on any atom is -0.206 e. The Kier molecular flexibility index (Phi) is 5.23. The van der Waals surface area contributed by atoms with Gasteiger partial charge in [0, 0.05) is 5.56 Å². The lowest BCUT2D eigenvalue weighted by molar-refractivity contribution is 0.576. The second-order valence-corrected chi connectivity index (χ2v) is 4.73. The van der Waals surface area contributed by atoms with Gasteiger partial charge in [0.25, 0.3) is 0 Å². The highest BCUT2D eigenvalue weighted by atomic mass is 19.1. The fourth-order valence-corrected chi connectivity index (χ4v) is 1.88. The van der Waals surface area contributed by atoms with Crippen molar-refractivity contribution in [2.24, 2.45) is 0 Å². The number of nitriles is 1. The molecule has 0 fully saturated rings. The third-order valence-corrected chi connectivity index (χ3v) is 3.03. The lowest BCUT2D eigenvalue weighted by Crippen LogP contribution is -1.92. The number of nitrogens with zero attached hydrogens (tertiary/aromatic N) is 1. The molecule has 0 amide bonds. The van der Waals surface area contributed by atoms with Crippen LogP contribution >= 0.6 is 0 Å². The van der Waals surface area contributed by atoms with Crippen molar-refractivity contribution in [2.75, 3.05) is 0 Å². The molecule has 0 aliphatic heterocycles. The van der Waals surface area contributed by atoms with E-state index < -0.39 is 23.0 Å². The third kappa shape index (κ3) is 4.02. The fourth-order valence-electron chi connectivity index (χ4n) is 1.88. The summed E-state index contributed by atoms with van der Waals surface area (Å²) >= 11 is 0. The van der Waals surface area contributed by atoms with E-state index in [0.29, 0.717) is 5.56 Å². The Hall–Kier alpha value is -2.98. The summed E-state index contributed by atoms with van der Waals surface area (Å²) in [5, 5.41) is 8.60. The zero-order valence-electron chi connectivity index (χ0n) is 12.3. The Morgan fingerprint density at radius 1 is 1.00 bits per heavy atom. The quantitative estimate of drug-likeness (QED) is 0.731. The number of hydrogen-bond acceptors (Lipinski definition) is 1. The normalized spacial score (nSPS) is 10.2. The van der Waals surface area contributed by atoms with Crippen LogP contribution in [0.3, 0.4) is 0 Å². The average molecular weight is 311 g/mol. The lowest BCUT2D eigenvalue weighted by atomic mass is 10.1. The standard InChI is InChI=1S/C19H12F3N/c1-2-3-4-13-5-7-15(17(20)9-13)8-6-14-10-18(21)16(12-23)19(22)11-14/h3-5,7,9-11H,2H2,1H3. The van der Waals surface area contributed by atoms with Gasteiger partial charge in [0.05, 0.1) is 5.56 Å². The molecule has 1 nitrogen and oxygen atoms in total. The fraction of sp³-hybridized carbons (Fsp3) is 0.105. The first kappa shape index (κ1) is 16.4. The molecule has 114 valence electrons. The van der Waals surface area contributed by atoms with Crippen LogP contribution in [-0.2, 0) is 0 Å². The van der Waals surface area contributed by atoms with E-state index in [-0.39, 0.29) is 11.1 Å². The van der Waals surface area contributed by atoms with Gasteiger partial charge in [0.15, 0.2) is 0 Å². The summed E-state index contributed by atoms with van der Waals surface area (Å²) in [7, 11) is 0. The van der Waals surface area contributed by atoms with Gasteiger partial charge in [0.2, 0.25) is 0 Å². The molecule has 0 saturated carbocycles. The number of benzene rings is 2. The van der Waals surface area contributed by atoms with E-state index in [0.717, 1.165) is 18.6 Å². The van der Waals surface area contributed by atoms with Crippen LogP contribution in [0.1, 0.15) is 35.6 Å². The van der Waals surface area contributed by atoms with Crippen molar-refractivity contribution in [3.8, 4) is 17.9 Å². The van der Waals surface area contributed by atoms with Gasteiger partial charge in [-0.05, 0) is 36.2 Å². The first-order chi connectivity index (χ1) is 11.0. The first-order valence-corrected chi connectivity index (χ1v) is 6.92. The van der Waals surface area contributed by atoms with E-state index in [1.54, 1.807) is 12.1 Å². The van der Waals surface area contributed by atoms with Gasteiger partial charge in [-0.25, -0.2) is 13.2 Å². The lowest BCUT2D eigenvalue weighted by Gasteiger charge is -1.98. The van der Waals surface area contributed by atoms with E-state index in [9.17, 15) is 13.2 Å². The van der Waals surface area contributed by atoms with Crippen LogP contribution in [0.15, 0.2) is 36.4 Å². The smallest absolute Gasteiger partial charge is 0.145 e. The van der Waals surface area contributed by atoms with E-state index in [4.69, 9.17) is 5.26 Å². The highest BCUT2D eigenvalue weighted by Crippen LogP contribution is 2.15. The van der Waals surface area contributed by atoms with Crippen LogP contribution < -0.4 is 0 Å². The van der Waals surface area contributed by atoms with Crippen molar-refractivity contribution in [1.29, 1.82) is 5.26 Å². The molecule has 0 unspecified atom stereocenters. The predicted octanol–water partition coefficient (Wildman–Crippen LogP) is 4.80. The summed E-state index contributed by atoms with van der Waals surface area (Å²) in [6.45, 7) is 1.97. The van der Waals surface area contributed by atoms with Crippen LogP contribution in [0.25, 0.3) is 6.08 Å². The van der Waals surface area contributed by atoms with Crippen molar-refractivity contribution >= 4 is 6.08 Å². The SMILES string of the molecule is CCC=Cc1ccc(C#Cc2cc(F)c(C#N)c(F)c2)c(F)c1. The number of allylic oxidation sites excluding steroid dienone is 1. The van der Waals surface area contributed by atoms with Gasteiger partial charge in [-0.1, -0.05) is 37.0 Å². The third-order valence-electron chi connectivity index (χ3n) is 3.03. The van der Waals surface area contributed by atoms with Crippen LogP contribution in [0.2, 0.25) is 0 Å². The maximum Gasteiger partial charge on any atom is 0.145 e. The Labute approximate surface area is 132 Å². The topological polar surface area (TPSA) is 23.8 Å². The molecule has 0 aliphatic rings. The van der Waals surface area contributed by atoms with E-state index >= 15 is 0 Å². The summed E-state index contributed by atoms with van der Waals surface area (Å²) in [6, 6.07) is 7.89. The zero-order chi connectivity index (χ0) is 16.8. The van der Waals surface area contributed by atoms with Crippen molar-refractivity contribution in [2.45, 2.75) is 13.3 Å². The van der Waals surface area contributed by atoms with E-state index in [1.807, 2.05) is 13.0 Å². The summed E-state index contributed by atoms with van der Waals surface area (Å²) in [5.74, 6) is 2.55. The first-order valence-electron chi connectivity index (χ1n) is 6.92. The van der Waals surface area contributed by atoms with Gasteiger partial charge >= 0.3 is 0 Å². The van der Waals surface area contributed by atoms with Gasteiger partial charge in [-0.3, -0.25) is 0 Å². The predicted molar refractivity (Wildman–Crippen MR) is 82.8 cm³/mol. The minimum absolute atomic E-state index is 0.0355. The van der Waals surface area contributed by atoms with E-state index in [1.165, 1.54) is 18.2 Å². The molecular weight excluding hydrogens is 299 g/mol. The molecule has 23 heavy (non-hydrogen) atoms. The summed E-state index contributed by atoms with van der Waals surface area (Å²) in [6.07, 6.45) is 4.55. The van der Waals surface area contributed by atoms with Crippen LogP contribution in [0.5, 0.6) is 0 Å². The largest absolute Gasteiger partial charge is 0.206 e. The van der Waals surface area contributed by atoms with Crippen LogP contribution in [0.4, 0.5) is 13.2 Å². The molecule has 0 spiro atoms. The molecule has 0 atom stereocenters. The highest BCUT2D eigenvalue weighted by molar-refractivity contribution is 5.53. The molecule has 0 saturated heterocycles. The van der Waals surface area contributed by atoms with Crippen LogP contribution in [0, 0.1) is 40.6 Å². The molecule has 2 aromatic rings. The van der Waals surface area contributed by atoms with Crippen molar-refractivity contribution < 1.29 is 13.2 Å². The van der Waals surface area contributed by atoms with Gasteiger partial charge in [0.1, 0.15) is 29.1 Å². The maximum atomic E-state index is 13.9.